The molecule has 2 aliphatic heterocycles. The van der Waals surface area contributed by atoms with E-state index in [4.69, 9.17) is 4.74 Å². The molecule has 0 amide bonds. The van der Waals surface area contributed by atoms with Crippen LogP contribution in [-0.2, 0) is 6.54 Å². The molecule has 5 nitrogen and oxygen atoms in total. The van der Waals surface area contributed by atoms with E-state index in [1.54, 1.807) is 31.2 Å². The first-order chi connectivity index (χ1) is 13.4. The molecule has 6 heteroatoms. The summed E-state index contributed by atoms with van der Waals surface area (Å²) >= 11 is 0. The van der Waals surface area contributed by atoms with Gasteiger partial charge in [0.1, 0.15) is 17.3 Å². The molecule has 2 aromatic carbocycles. The second-order valence-corrected chi connectivity index (χ2v) is 7.47. The highest BCUT2D eigenvalue weighted by atomic mass is 19.1. The van der Waals surface area contributed by atoms with Crippen molar-refractivity contribution < 1.29 is 19.0 Å². The van der Waals surface area contributed by atoms with Crippen molar-refractivity contribution >= 4 is 11.9 Å². The van der Waals surface area contributed by atoms with Gasteiger partial charge in [-0.1, -0.05) is 12.1 Å². The molecule has 2 heterocycles. The fraction of sp³-hybridized carbons (Fsp3) is 0.318. The number of piperazine rings is 1. The molecule has 0 aromatic heterocycles. The number of fused-ring (bicyclic) bond motifs is 1. The number of hydrogen-bond acceptors (Lipinski definition) is 5. The lowest BCUT2D eigenvalue weighted by molar-refractivity contribution is 0.101. The summed E-state index contributed by atoms with van der Waals surface area (Å²) < 4.78 is 19.1. The number of likely N-dealkylation sites (N-methyl/N-ethyl adjacent to an activating group) is 1. The Morgan fingerprint density at radius 1 is 1.18 bits per heavy atom. The number of rotatable bonds is 3. The number of phenolic OH excluding ortho intramolecular Hbond substituents is 1. The maximum Gasteiger partial charge on any atom is 0.232 e. The van der Waals surface area contributed by atoms with Crippen LogP contribution in [-0.4, -0.2) is 53.9 Å². The Morgan fingerprint density at radius 3 is 2.54 bits per heavy atom. The lowest BCUT2D eigenvalue weighted by Crippen LogP contribution is -2.43. The van der Waals surface area contributed by atoms with Crippen molar-refractivity contribution in [2.45, 2.75) is 13.5 Å². The minimum Gasteiger partial charge on any atom is -0.507 e. The van der Waals surface area contributed by atoms with Crippen molar-refractivity contribution in [1.82, 2.24) is 9.80 Å². The predicted octanol–water partition coefficient (Wildman–Crippen LogP) is 3.20. The van der Waals surface area contributed by atoms with Crippen molar-refractivity contribution in [3.63, 3.8) is 0 Å². The lowest BCUT2D eigenvalue weighted by Gasteiger charge is -2.32. The maximum atomic E-state index is 13.1. The number of carbonyl (C=O) groups excluding carboxylic acids is 1. The normalized spacial score (nSPS) is 19.1. The molecule has 0 atom stereocenters. The molecule has 0 radical (unpaired) electrons. The van der Waals surface area contributed by atoms with E-state index in [-0.39, 0.29) is 23.1 Å². The zero-order chi connectivity index (χ0) is 19.8. The van der Waals surface area contributed by atoms with Crippen LogP contribution in [0.3, 0.4) is 0 Å². The molecule has 0 bridgehead atoms. The average Bonchev–Trinajstić information content (AvgIpc) is 2.99. The Bertz CT molecular complexity index is 945. The van der Waals surface area contributed by atoms with E-state index in [2.05, 4.69) is 16.8 Å². The molecule has 0 spiro atoms. The van der Waals surface area contributed by atoms with E-state index < -0.39 is 0 Å². The van der Waals surface area contributed by atoms with Gasteiger partial charge in [0, 0.05) is 32.7 Å². The summed E-state index contributed by atoms with van der Waals surface area (Å²) in [6, 6.07) is 7.50. The smallest absolute Gasteiger partial charge is 0.232 e. The Labute approximate surface area is 163 Å². The van der Waals surface area contributed by atoms with Crippen molar-refractivity contribution in [2.75, 3.05) is 33.2 Å². The van der Waals surface area contributed by atoms with E-state index in [0.29, 0.717) is 34.5 Å². The maximum absolute atomic E-state index is 13.1. The molecule has 2 aromatic rings. The predicted molar refractivity (Wildman–Crippen MR) is 105 cm³/mol. The Morgan fingerprint density at radius 2 is 1.86 bits per heavy atom. The van der Waals surface area contributed by atoms with E-state index in [1.807, 2.05) is 0 Å². The first-order valence-corrected chi connectivity index (χ1v) is 9.38. The highest BCUT2D eigenvalue weighted by Gasteiger charge is 2.33. The number of Topliss-reactive ketones (excluding diaryl/α,β-unsaturated/α-hetero) is 1. The highest BCUT2D eigenvalue weighted by Crippen LogP contribution is 2.42. The molecular weight excluding hydrogens is 359 g/mol. The molecule has 0 unspecified atom stereocenters. The lowest BCUT2D eigenvalue weighted by atomic mass is 9.99. The van der Waals surface area contributed by atoms with Gasteiger partial charge in [-0.25, -0.2) is 4.39 Å². The standard InChI is InChI=1S/C22H23FN2O3/c1-14-11-18(26)17(13-25-9-7-24(2)8-10-25)22-20(14)21(27)19(28-22)12-15-3-5-16(23)6-4-15/h3-6,11-12,26H,7-10,13H2,1-2H3/b19-12+. The zero-order valence-corrected chi connectivity index (χ0v) is 16.0. The fourth-order valence-electron chi connectivity index (χ4n) is 3.67. The van der Waals surface area contributed by atoms with Gasteiger partial charge >= 0.3 is 0 Å². The van der Waals surface area contributed by atoms with Gasteiger partial charge in [-0.2, -0.15) is 0 Å². The summed E-state index contributed by atoms with van der Waals surface area (Å²) in [6.07, 6.45) is 1.61. The van der Waals surface area contributed by atoms with Gasteiger partial charge in [-0.3, -0.25) is 9.69 Å². The number of aryl methyl sites for hydroxylation is 1. The van der Waals surface area contributed by atoms with E-state index >= 15 is 0 Å². The number of ketones is 1. The van der Waals surface area contributed by atoms with Gasteiger partial charge in [0.15, 0.2) is 5.76 Å². The van der Waals surface area contributed by atoms with E-state index in [1.165, 1.54) is 12.1 Å². The number of nitrogens with zero attached hydrogens (tertiary/aromatic N) is 2. The van der Waals surface area contributed by atoms with Crippen LogP contribution in [0.2, 0.25) is 0 Å². The molecule has 0 saturated carbocycles. The second kappa shape index (κ2) is 7.37. The molecule has 4 rings (SSSR count). The third-order valence-electron chi connectivity index (χ3n) is 5.37. The van der Waals surface area contributed by atoms with E-state index in [0.717, 1.165) is 26.2 Å². The van der Waals surface area contributed by atoms with Crippen LogP contribution in [0.1, 0.15) is 27.0 Å². The summed E-state index contributed by atoms with van der Waals surface area (Å²) in [5, 5.41) is 10.5. The largest absolute Gasteiger partial charge is 0.507 e. The summed E-state index contributed by atoms with van der Waals surface area (Å²) in [5.74, 6) is 0.228. The molecule has 1 fully saturated rings. The molecule has 1 N–H and O–H groups in total. The van der Waals surface area contributed by atoms with Crippen molar-refractivity contribution in [1.29, 1.82) is 0 Å². The van der Waals surface area contributed by atoms with E-state index in [9.17, 15) is 14.3 Å². The van der Waals surface area contributed by atoms with Crippen LogP contribution >= 0.6 is 0 Å². The zero-order valence-electron chi connectivity index (χ0n) is 16.0. The first kappa shape index (κ1) is 18.7. The second-order valence-electron chi connectivity index (χ2n) is 7.47. The minimum absolute atomic E-state index is 0.144. The van der Waals surface area contributed by atoms with Gasteiger partial charge in [-0.05, 0) is 49.4 Å². The van der Waals surface area contributed by atoms with Gasteiger partial charge in [0.25, 0.3) is 0 Å². The summed E-state index contributed by atoms with van der Waals surface area (Å²) in [7, 11) is 2.09. The third-order valence-corrected chi connectivity index (χ3v) is 5.37. The van der Waals surface area contributed by atoms with Crippen molar-refractivity contribution in [3.05, 3.63) is 64.2 Å². The van der Waals surface area contributed by atoms with Gasteiger partial charge < -0.3 is 14.7 Å². The number of hydrogen-bond donors (Lipinski definition) is 1. The van der Waals surface area contributed by atoms with Crippen LogP contribution in [0.5, 0.6) is 11.5 Å². The highest BCUT2D eigenvalue weighted by molar-refractivity contribution is 6.15. The Hall–Kier alpha value is -2.70. The quantitative estimate of drug-likeness (QED) is 0.827. The molecule has 0 aliphatic carbocycles. The number of aromatic hydroxyl groups is 1. The number of carbonyl (C=O) groups is 1. The monoisotopic (exact) mass is 382 g/mol. The summed E-state index contributed by atoms with van der Waals surface area (Å²) in [6.45, 7) is 6.03. The van der Waals surface area contributed by atoms with Crippen LogP contribution in [0.15, 0.2) is 36.1 Å². The number of allylic oxidation sites excluding steroid dienone is 1. The van der Waals surface area contributed by atoms with Crippen LogP contribution in [0, 0.1) is 12.7 Å². The topological polar surface area (TPSA) is 53.0 Å². The van der Waals surface area contributed by atoms with Gasteiger partial charge in [0.2, 0.25) is 5.78 Å². The average molecular weight is 382 g/mol. The van der Waals surface area contributed by atoms with Gasteiger partial charge in [-0.15, -0.1) is 0 Å². The number of phenols is 1. The molecule has 146 valence electrons. The molecular formula is C22H23FN2O3. The van der Waals surface area contributed by atoms with Crippen LogP contribution in [0.25, 0.3) is 6.08 Å². The number of ether oxygens (including phenoxy) is 1. The fourth-order valence-corrected chi connectivity index (χ4v) is 3.67. The molecule has 1 saturated heterocycles. The first-order valence-electron chi connectivity index (χ1n) is 9.38. The van der Waals surface area contributed by atoms with Crippen molar-refractivity contribution in [3.8, 4) is 11.5 Å². The Kier molecular flexibility index (Phi) is 4.91. The summed E-state index contributed by atoms with van der Waals surface area (Å²) in [4.78, 5) is 17.4. The number of halogens is 1. The number of benzene rings is 2. The third kappa shape index (κ3) is 3.53. The molecule has 2 aliphatic rings. The van der Waals surface area contributed by atoms with Crippen LogP contribution in [0.4, 0.5) is 4.39 Å². The molecule has 28 heavy (non-hydrogen) atoms. The van der Waals surface area contributed by atoms with Crippen LogP contribution < -0.4 is 4.74 Å². The minimum atomic E-state index is -0.334. The Balaban J connectivity index is 1.66. The van der Waals surface area contributed by atoms with Gasteiger partial charge in [0.05, 0.1) is 11.1 Å². The van der Waals surface area contributed by atoms with Crippen molar-refractivity contribution in [2.24, 2.45) is 0 Å². The SMILES string of the molecule is Cc1cc(O)c(CN2CCN(C)CC2)c2c1C(=O)/C(=C\c1ccc(F)cc1)O2. The summed E-state index contributed by atoms with van der Waals surface area (Å²) in [5.41, 5.74) is 2.50.